The lowest BCUT2D eigenvalue weighted by Gasteiger charge is -2.35. The van der Waals surface area contributed by atoms with E-state index in [9.17, 15) is 9.59 Å². The molecule has 0 fully saturated rings. The summed E-state index contributed by atoms with van der Waals surface area (Å²) in [5.41, 5.74) is 1.62. The predicted molar refractivity (Wildman–Crippen MR) is 121 cm³/mol. The van der Waals surface area contributed by atoms with E-state index in [2.05, 4.69) is 0 Å². The zero-order valence-corrected chi connectivity index (χ0v) is 18.4. The molecule has 0 aliphatic carbocycles. The van der Waals surface area contributed by atoms with Gasteiger partial charge in [0.15, 0.2) is 6.10 Å². The molecule has 2 aromatic carbocycles. The number of carbonyl (C=O) groups excluding carboxylic acids is 2. The van der Waals surface area contributed by atoms with Crippen LogP contribution in [0.2, 0.25) is 0 Å². The second kappa shape index (κ2) is 9.18. The van der Waals surface area contributed by atoms with Crippen LogP contribution < -0.4 is 14.4 Å². The molecule has 4 rings (SSSR count). The van der Waals surface area contributed by atoms with Crippen LogP contribution in [-0.4, -0.2) is 50.6 Å². The minimum atomic E-state index is -0.728. The highest BCUT2D eigenvalue weighted by atomic mass is 16.5. The van der Waals surface area contributed by atoms with Crippen LogP contribution in [0.5, 0.6) is 11.5 Å². The number of para-hydroxylation sites is 2. The first-order valence-electron chi connectivity index (χ1n) is 10.5. The van der Waals surface area contributed by atoms with Crippen LogP contribution in [0.3, 0.4) is 0 Å². The fourth-order valence-corrected chi connectivity index (χ4v) is 3.67. The largest absolute Gasteiger partial charge is 0.497 e. The van der Waals surface area contributed by atoms with Gasteiger partial charge in [-0.3, -0.25) is 9.59 Å². The van der Waals surface area contributed by atoms with Crippen LogP contribution in [-0.2, 0) is 16.0 Å². The van der Waals surface area contributed by atoms with E-state index in [1.807, 2.05) is 54.6 Å². The van der Waals surface area contributed by atoms with Gasteiger partial charge in [0.25, 0.3) is 5.91 Å². The molecule has 2 heterocycles. The molecule has 0 radical (unpaired) electrons. The average Bonchev–Trinajstić information content (AvgIpc) is 3.30. The Hall–Kier alpha value is -3.74. The molecular weight excluding hydrogens is 408 g/mol. The number of aryl methyl sites for hydroxylation is 1. The lowest BCUT2D eigenvalue weighted by Crippen LogP contribution is -2.50. The number of methoxy groups -OCH3 is 1. The molecule has 7 nitrogen and oxygen atoms in total. The number of benzene rings is 2. The van der Waals surface area contributed by atoms with Crippen LogP contribution in [0.1, 0.15) is 12.2 Å². The first-order chi connectivity index (χ1) is 15.5. The number of furan rings is 1. The predicted octanol–water partition coefficient (Wildman–Crippen LogP) is 3.77. The van der Waals surface area contributed by atoms with Crippen molar-refractivity contribution >= 4 is 17.5 Å². The summed E-state index contributed by atoms with van der Waals surface area (Å²) in [6.45, 7) is 0.183. The zero-order chi connectivity index (χ0) is 22.7. The summed E-state index contributed by atoms with van der Waals surface area (Å²) < 4.78 is 17.0. The first-order valence-corrected chi connectivity index (χ1v) is 10.5. The smallest absolute Gasteiger partial charge is 0.265 e. The first kappa shape index (κ1) is 21.5. The van der Waals surface area contributed by atoms with E-state index < -0.39 is 6.10 Å². The lowest BCUT2D eigenvalue weighted by molar-refractivity contribution is -0.136. The fraction of sp³-hybridized carbons (Fsp3) is 0.280. The molecule has 1 aromatic heterocycles. The summed E-state index contributed by atoms with van der Waals surface area (Å²) in [5.74, 6) is 2.53. The minimum Gasteiger partial charge on any atom is -0.497 e. The van der Waals surface area contributed by atoms with Crippen molar-refractivity contribution in [2.75, 3.05) is 32.6 Å². The summed E-state index contributed by atoms with van der Waals surface area (Å²) in [6.07, 6.45) is -0.0118. The van der Waals surface area contributed by atoms with Crippen molar-refractivity contribution in [1.29, 1.82) is 0 Å². The number of anilines is 1. The maximum atomic E-state index is 13.1. The third-order valence-electron chi connectivity index (χ3n) is 5.41. The number of fused-ring (bicyclic) bond motifs is 1. The molecule has 0 saturated heterocycles. The van der Waals surface area contributed by atoms with E-state index in [-0.39, 0.29) is 24.8 Å². The van der Waals surface area contributed by atoms with Crippen molar-refractivity contribution in [3.63, 3.8) is 0 Å². The molecule has 0 saturated carbocycles. The molecule has 3 aromatic rings. The van der Waals surface area contributed by atoms with Crippen molar-refractivity contribution in [2.24, 2.45) is 0 Å². The number of nitrogens with zero attached hydrogens (tertiary/aromatic N) is 2. The molecular formula is C25H26N2O5. The van der Waals surface area contributed by atoms with Crippen molar-refractivity contribution in [3.05, 3.63) is 66.4 Å². The van der Waals surface area contributed by atoms with Gasteiger partial charge < -0.3 is 23.7 Å². The van der Waals surface area contributed by atoms with Crippen molar-refractivity contribution in [2.45, 2.75) is 18.9 Å². The fourth-order valence-electron chi connectivity index (χ4n) is 3.67. The van der Waals surface area contributed by atoms with E-state index in [0.29, 0.717) is 17.9 Å². The molecule has 7 heteroatoms. The zero-order valence-electron chi connectivity index (χ0n) is 18.4. The minimum absolute atomic E-state index is 0.0836. The van der Waals surface area contributed by atoms with E-state index in [1.54, 1.807) is 32.2 Å². The standard InChI is InChI=1S/C25H26N2O5/c1-26(2)25(29)23-16-27(20-6-4-5-7-22(20)32-23)24(28)15-13-19-12-14-21(31-19)17-8-10-18(30-3)11-9-17/h4-12,14,23H,13,15-16H2,1-3H3/t23-/m1/s1. The molecule has 1 aliphatic heterocycles. The number of ether oxygens (including phenoxy) is 2. The van der Waals surface area contributed by atoms with Gasteiger partial charge in [0.2, 0.25) is 5.91 Å². The molecule has 0 N–H and O–H groups in total. The highest BCUT2D eigenvalue weighted by Gasteiger charge is 2.34. The molecule has 0 unspecified atom stereocenters. The van der Waals surface area contributed by atoms with Gasteiger partial charge in [0.1, 0.15) is 23.0 Å². The van der Waals surface area contributed by atoms with Crippen LogP contribution >= 0.6 is 0 Å². The van der Waals surface area contributed by atoms with Gasteiger partial charge in [-0.2, -0.15) is 0 Å². The Morgan fingerprint density at radius 2 is 1.81 bits per heavy atom. The number of hydrogen-bond acceptors (Lipinski definition) is 5. The SMILES string of the molecule is COc1ccc(-c2ccc(CCC(=O)N3C[C@H](C(=O)N(C)C)Oc4ccccc43)o2)cc1. The summed E-state index contributed by atoms with van der Waals surface area (Å²) >= 11 is 0. The molecule has 0 bridgehead atoms. The third kappa shape index (κ3) is 4.46. The maximum absolute atomic E-state index is 13.1. The summed E-state index contributed by atoms with van der Waals surface area (Å²) in [5, 5.41) is 0. The van der Waals surface area contributed by atoms with Crippen molar-refractivity contribution < 1.29 is 23.5 Å². The quantitative estimate of drug-likeness (QED) is 0.591. The van der Waals surface area contributed by atoms with Gasteiger partial charge in [-0.15, -0.1) is 0 Å². The van der Waals surface area contributed by atoms with E-state index in [4.69, 9.17) is 13.9 Å². The highest BCUT2D eigenvalue weighted by Crippen LogP contribution is 2.34. The number of carbonyl (C=O) groups is 2. The maximum Gasteiger partial charge on any atom is 0.265 e. The van der Waals surface area contributed by atoms with Gasteiger partial charge in [-0.25, -0.2) is 0 Å². The normalized spacial score (nSPS) is 15.0. The van der Waals surface area contributed by atoms with E-state index in [0.717, 1.165) is 22.8 Å². The van der Waals surface area contributed by atoms with Crippen LogP contribution in [0.4, 0.5) is 5.69 Å². The summed E-state index contributed by atoms with van der Waals surface area (Å²) in [7, 11) is 4.98. The van der Waals surface area contributed by atoms with E-state index in [1.165, 1.54) is 4.90 Å². The number of amides is 2. The van der Waals surface area contributed by atoms with Crippen LogP contribution in [0.25, 0.3) is 11.3 Å². The van der Waals surface area contributed by atoms with Gasteiger partial charge in [0.05, 0.1) is 19.3 Å². The Labute approximate surface area is 187 Å². The lowest BCUT2D eigenvalue weighted by atomic mass is 10.1. The second-order valence-corrected chi connectivity index (χ2v) is 7.81. The molecule has 2 amide bonds. The van der Waals surface area contributed by atoms with Crippen molar-refractivity contribution in [1.82, 2.24) is 4.90 Å². The number of rotatable bonds is 6. The van der Waals surface area contributed by atoms with Crippen LogP contribution in [0.15, 0.2) is 65.1 Å². The second-order valence-electron chi connectivity index (χ2n) is 7.81. The monoisotopic (exact) mass is 434 g/mol. The average molecular weight is 434 g/mol. The van der Waals surface area contributed by atoms with Gasteiger partial charge in [-0.1, -0.05) is 12.1 Å². The van der Waals surface area contributed by atoms with Crippen molar-refractivity contribution in [3.8, 4) is 22.8 Å². The van der Waals surface area contributed by atoms with Crippen LogP contribution in [0, 0.1) is 0 Å². The Morgan fingerprint density at radius 3 is 2.53 bits per heavy atom. The number of hydrogen-bond donors (Lipinski definition) is 0. The molecule has 1 atom stereocenters. The Balaban J connectivity index is 1.45. The van der Waals surface area contributed by atoms with Gasteiger partial charge >= 0.3 is 0 Å². The molecule has 166 valence electrons. The summed E-state index contributed by atoms with van der Waals surface area (Å²) in [6, 6.07) is 18.7. The summed E-state index contributed by atoms with van der Waals surface area (Å²) in [4.78, 5) is 28.7. The Kier molecular flexibility index (Phi) is 6.16. The third-order valence-corrected chi connectivity index (χ3v) is 5.41. The van der Waals surface area contributed by atoms with Gasteiger partial charge in [0, 0.05) is 32.5 Å². The molecule has 32 heavy (non-hydrogen) atoms. The Morgan fingerprint density at radius 1 is 1.06 bits per heavy atom. The Bertz CT molecular complexity index is 1100. The topological polar surface area (TPSA) is 72.2 Å². The number of likely N-dealkylation sites (N-methyl/N-ethyl adjacent to an activating group) is 1. The highest BCUT2D eigenvalue weighted by molar-refractivity contribution is 5.97. The van der Waals surface area contributed by atoms with Gasteiger partial charge in [-0.05, 0) is 48.5 Å². The molecule has 0 spiro atoms. The molecule has 1 aliphatic rings. The van der Waals surface area contributed by atoms with E-state index >= 15 is 0 Å².